The van der Waals surface area contributed by atoms with Gasteiger partial charge in [-0.25, -0.2) is 0 Å². The molecule has 0 amide bonds. The van der Waals surface area contributed by atoms with Crippen LogP contribution in [0.15, 0.2) is 0 Å². The maximum atomic E-state index is 12.1. The van der Waals surface area contributed by atoms with Crippen LogP contribution in [-0.2, 0) is 14.3 Å². The van der Waals surface area contributed by atoms with E-state index in [0.29, 0.717) is 6.61 Å². The van der Waals surface area contributed by atoms with Gasteiger partial charge in [-0.2, -0.15) is 0 Å². The molecule has 0 radical (unpaired) electrons. The Morgan fingerprint density at radius 1 is 1.33 bits per heavy atom. The SMILES string of the molecule is CCCOCCN1CCC[C@@H]1C(=O)OC(C)(C)C. The average Bonchev–Trinajstić information content (AvgIpc) is 2.70. The molecule has 0 aliphatic carbocycles. The predicted molar refractivity (Wildman–Crippen MR) is 71.6 cm³/mol. The normalized spacial score (nSPS) is 21.2. The summed E-state index contributed by atoms with van der Waals surface area (Å²) in [7, 11) is 0. The number of nitrogens with zero attached hydrogens (tertiary/aromatic N) is 1. The summed E-state index contributed by atoms with van der Waals surface area (Å²) < 4.78 is 10.9. The molecular weight excluding hydrogens is 230 g/mol. The van der Waals surface area contributed by atoms with E-state index in [1.807, 2.05) is 20.8 Å². The maximum Gasteiger partial charge on any atom is 0.323 e. The Labute approximate surface area is 111 Å². The largest absolute Gasteiger partial charge is 0.459 e. The fraction of sp³-hybridized carbons (Fsp3) is 0.929. The van der Waals surface area contributed by atoms with Crippen molar-refractivity contribution in [3.05, 3.63) is 0 Å². The lowest BCUT2D eigenvalue weighted by molar-refractivity contribution is -0.160. The van der Waals surface area contributed by atoms with Gasteiger partial charge in [-0.05, 0) is 46.6 Å². The van der Waals surface area contributed by atoms with Crippen molar-refractivity contribution in [2.45, 2.75) is 58.6 Å². The summed E-state index contributed by atoms with van der Waals surface area (Å²) in [5.74, 6) is -0.0875. The second-order valence-electron chi connectivity index (χ2n) is 5.84. The number of ether oxygens (including phenoxy) is 2. The Bertz CT molecular complexity index is 260. The van der Waals surface area contributed by atoms with Gasteiger partial charge in [0.15, 0.2) is 0 Å². The van der Waals surface area contributed by atoms with Gasteiger partial charge in [0, 0.05) is 13.2 Å². The first-order chi connectivity index (χ1) is 8.44. The van der Waals surface area contributed by atoms with Crippen molar-refractivity contribution in [1.29, 1.82) is 0 Å². The van der Waals surface area contributed by atoms with Crippen molar-refractivity contribution in [1.82, 2.24) is 4.90 Å². The number of hydrogen-bond acceptors (Lipinski definition) is 4. The number of carbonyl (C=O) groups excluding carboxylic acids is 1. The van der Waals surface area contributed by atoms with Gasteiger partial charge in [0.2, 0.25) is 0 Å². The van der Waals surface area contributed by atoms with Crippen molar-refractivity contribution in [2.75, 3.05) is 26.3 Å². The molecule has 1 heterocycles. The van der Waals surface area contributed by atoms with E-state index in [1.165, 1.54) is 0 Å². The van der Waals surface area contributed by atoms with Gasteiger partial charge >= 0.3 is 5.97 Å². The Morgan fingerprint density at radius 2 is 2.06 bits per heavy atom. The molecule has 0 aromatic rings. The third kappa shape index (κ3) is 5.36. The standard InChI is InChI=1S/C14H27NO3/c1-5-10-17-11-9-15-8-6-7-12(15)13(16)18-14(2,3)4/h12H,5-11H2,1-4H3/t12-/m1/s1. The topological polar surface area (TPSA) is 38.8 Å². The van der Waals surface area contributed by atoms with Crippen molar-refractivity contribution >= 4 is 5.97 Å². The fourth-order valence-corrected chi connectivity index (χ4v) is 2.16. The molecule has 0 aromatic heterocycles. The van der Waals surface area contributed by atoms with E-state index < -0.39 is 5.60 Å². The summed E-state index contributed by atoms with van der Waals surface area (Å²) >= 11 is 0. The van der Waals surface area contributed by atoms with E-state index in [2.05, 4.69) is 11.8 Å². The molecule has 0 N–H and O–H groups in total. The minimum Gasteiger partial charge on any atom is -0.459 e. The zero-order valence-electron chi connectivity index (χ0n) is 12.2. The van der Waals surface area contributed by atoms with E-state index in [4.69, 9.17) is 9.47 Å². The van der Waals surface area contributed by atoms with Crippen LogP contribution in [0, 0.1) is 0 Å². The highest BCUT2D eigenvalue weighted by atomic mass is 16.6. The van der Waals surface area contributed by atoms with Gasteiger partial charge in [0.05, 0.1) is 6.61 Å². The number of rotatable bonds is 6. The van der Waals surface area contributed by atoms with Gasteiger partial charge in [-0.15, -0.1) is 0 Å². The van der Waals surface area contributed by atoms with Gasteiger partial charge in [-0.3, -0.25) is 9.69 Å². The Kier molecular flexibility index (Phi) is 6.09. The molecule has 1 saturated heterocycles. The highest BCUT2D eigenvalue weighted by Gasteiger charge is 2.33. The van der Waals surface area contributed by atoms with Crippen molar-refractivity contribution in [3.8, 4) is 0 Å². The van der Waals surface area contributed by atoms with Gasteiger partial charge < -0.3 is 9.47 Å². The lowest BCUT2D eigenvalue weighted by atomic mass is 10.1. The molecule has 4 nitrogen and oxygen atoms in total. The molecule has 1 rings (SSSR count). The van der Waals surface area contributed by atoms with Crippen LogP contribution in [0.25, 0.3) is 0 Å². The van der Waals surface area contributed by atoms with Crippen LogP contribution < -0.4 is 0 Å². The number of likely N-dealkylation sites (tertiary alicyclic amines) is 1. The predicted octanol–water partition coefficient (Wildman–Crippen LogP) is 2.22. The molecule has 18 heavy (non-hydrogen) atoms. The summed E-state index contributed by atoms with van der Waals surface area (Å²) in [6.07, 6.45) is 3.01. The third-order valence-electron chi connectivity index (χ3n) is 2.91. The average molecular weight is 257 g/mol. The first-order valence-electron chi connectivity index (χ1n) is 6.98. The third-order valence-corrected chi connectivity index (χ3v) is 2.91. The zero-order valence-corrected chi connectivity index (χ0v) is 12.2. The van der Waals surface area contributed by atoms with Crippen LogP contribution in [-0.4, -0.2) is 48.8 Å². The number of hydrogen-bond donors (Lipinski definition) is 0. The molecule has 0 bridgehead atoms. The number of esters is 1. The van der Waals surface area contributed by atoms with Crippen LogP contribution in [0.2, 0.25) is 0 Å². The second-order valence-corrected chi connectivity index (χ2v) is 5.84. The molecule has 0 unspecified atom stereocenters. The molecule has 0 saturated carbocycles. The minimum absolute atomic E-state index is 0.0746. The van der Waals surface area contributed by atoms with Gasteiger partial charge in [0.25, 0.3) is 0 Å². The number of carbonyl (C=O) groups is 1. The summed E-state index contributed by atoms with van der Waals surface area (Å²) in [4.78, 5) is 14.2. The molecular formula is C14H27NO3. The molecule has 4 heteroatoms. The Morgan fingerprint density at radius 3 is 2.67 bits per heavy atom. The van der Waals surface area contributed by atoms with Crippen LogP contribution in [0.4, 0.5) is 0 Å². The van der Waals surface area contributed by atoms with Crippen LogP contribution in [0.1, 0.15) is 47.0 Å². The first-order valence-corrected chi connectivity index (χ1v) is 6.98. The Hall–Kier alpha value is -0.610. The van der Waals surface area contributed by atoms with Gasteiger partial charge in [0.1, 0.15) is 11.6 Å². The van der Waals surface area contributed by atoms with E-state index >= 15 is 0 Å². The Balaban J connectivity index is 2.36. The van der Waals surface area contributed by atoms with Crippen LogP contribution in [0.5, 0.6) is 0 Å². The highest BCUT2D eigenvalue weighted by molar-refractivity contribution is 5.76. The molecule has 106 valence electrons. The first kappa shape index (κ1) is 15.4. The molecule has 1 fully saturated rings. The summed E-state index contributed by atoms with van der Waals surface area (Å²) in [6, 6.07) is -0.0746. The lowest BCUT2D eigenvalue weighted by Gasteiger charge is -2.27. The summed E-state index contributed by atoms with van der Waals surface area (Å²) in [5.41, 5.74) is -0.399. The maximum absolute atomic E-state index is 12.1. The lowest BCUT2D eigenvalue weighted by Crippen LogP contribution is -2.41. The molecule has 1 aliphatic heterocycles. The van der Waals surface area contributed by atoms with Crippen LogP contribution in [0.3, 0.4) is 0 Å². The van der Waals surface area contributed by atoms with Crippen molar-refractivity contribution < 1.29 is 14.3 Å². The van der Waals surface area contributed by atoms with E-state index in [1.54, 1.807) is 0 Å². The molecule has 1 aliphatic rings. The highest BCUT2D eigenvalue weighted by Crippen LogP contribution is 2.20. The van der Waals surface area contributed by atoms with E-state index in [0.717, 1.165) is 39.0 Å². The summed E-state index contributed by atoms with van der Waals surface area (Å²) in [6.45, 7) is 11.1. The fourth-order valence-electron chi connectivity index (χ4n) is 2.16. The molecule has 1 atom stereocenters. The monoisotopic (exact) mass is 257 g/mol. The minimum atomic E-state index is -0.399. The zero-order chi connectivity index (χ0) is 13.6. The quantitative estimate of drug-likeness (QED) is 0.540. The van der Waals surface area contributed by atoms with Crippen molar-refractivity contribution in [3.63, 3.8) is 0 Å². The summed E-state index contributed by atoms with van der Waals surface area (Å²) in [5, 5.41) is 0. The van der Waals surface area contributed by atoms with Crippen molar-refractivity contribution in [2.24, 2.45) is 0 Å². The second kappa shape index (κ2) is 7.10. The van der Waals surface area contributed by atoms with E-state index in [9.17, 15) is 4.79 Å². The van der Waals surface area contributed by atoms with E-state index in [-0.39, 0.29) is 12.0 Å². The molecule has 0 aromatic carbocycles. The molecule has 0 spiro atoms. The smallest absolute Gasteiger partial charge is 0.323 e. The van der Waals surface area contributed by atoms with Gasteiger partial charge in [-0.1, -0.05) is 6.92 Å². The van der Waals surface area contributed by atoms with Crippen LogP contribution >= 0.6 is 0 Å².